The molecule has 0 atom stereocenters. The second-order valence-corrected chi connectivity index (χ2v) is 12.9. The molecule has 0 spiro atoms. The largest absolute Gasteiger partial charge is 0.383 e. The van der Waals surface area contributed by atoms with Crippen LogP contribution in [0, 0.1) is 11.6 Å². The Bertz CT molecular complexity index is 2300. The highest BCUT2D eigenvalue weighted by Gasteiger charge is 2.20. The molecule has 6 aromatic rings. The molecule has 0 radical (unpaired) electrons. The number of anilines is 2. The number of likely N-dealkylation sites (tertiary alicyclic amines) is 1. The van der Waals surface area contributed by atoms with Gasteiger partial charge in [0.25, 0.3) is 11.8 Å². The molecule has 4 aromatic carbocycles. The van der Waals surface area contributed by atoms with Gasteiger partial charge >= 0.3 is 0 Å². The van der Waals surface area contributed by atoms with E-state index in [-0.39, 0.29) is 35.1 Å². The Morgan fingerprint density at radius 1 is 0.778 bits per heavy atom. The van der Waals surface area contributed by atoms with E-state index in [0.717, 1.165) is 19.6 Å². The fourth-order valence-electron chi connectivity index (χ4n) is 6.34. The number of hydrogen-bond acceptors (Lipinski definition) is 10. The Hall–Kier alpha value is -6.12. The van der Waals surface area contributed by atoms with Gasteiger partial charge < -0.3 is 31.3 Å². The summed E-state index contributed by atoms with van der Waals surface area (Å²) < 4.78 is 32.4. The molecule has 278 valence electrons. The van der Waals surface area contributed by atoms with E-state index in [4.69, 9.17) is 16.2 Å². The second-order valence-electron chi connectivity index (χ2n) is 12.9. The van der Waals surface area contributed by atoms with Crippen molar-refractivity contribution in [1.82, 2.24) is 35.1 Å². The SMILES string of the molecule is COCCN(C)C(=O)c1cc(-c2cccc(F)c2)cc2c(N)ncnc12.Nc1ncnc2c(C(=O)NCCN3CCCC3)cc(-c3cccc(F)c3)cc12. The highest BCUT2D eigenvalue weighted by molar-refractivity contribution is 6.10. The van der Waals surface area contributed by atoms with Crippen LogP contribution in [0.15, 0.2) is 85.5 Å². The van der Waals surface area contributed by atoms with E-state index in [1.165, 1.54) is 49.8 Å². The number of nitrogen functional groups attached to an aromatic ring is 2. The van der Waals surface area contributed by atoms with Gasteiger partial charge in [-0.2, -0.15) is 0 Å². The highest BCUT2D eigenvalue weighted by atomic mass is 19.1. The fourth-order valence-corrected chi connectivity index (χ4v) is 6.34. The number of halogens is 2. The number of ether oxygens (including phenoxy) is 1. The second kappa shape index (κ2) is 17.1. The van der Waals surface area contributed by atoms with Gasteiger partial charge in [0.1, 0.15) is 35.9 Å². The van der Waals surface area contributed by atoms with Gasteiger partial charge in [0, 0.05) is 44.6 Å². The monoisotopic (exact) mass is 733 g/mol. The predicted octanol–water partition coefficient (Wildman–Crippen LogP) is 5.58. The van der Waals surface area contributed by atoms with Crippen LogP contribution in [0.5, 0.6) is 0 Å². The normalized spacial score (nSPS) is 12.7. The molecule has 1 aliphatic rings. The summed E-state index contributed by atoms with van der Waals surface area (Å²) in [6, 6.07) is 19.4. The van der Waals surface area contributed by atoms with Crippen LogP contribution >= 0.6 is 0 Å². The summed E-state index contributed by atoms with van der Waals surface area (Å²) in [6.45, 7) is 4.40. The van der Waals surface area contributed by atoms with Crippen molar-refractivity contribution in [1.29, 1.82) is 0 Å². The Morgan fingerprint density at radius 2 is 1.31 bits per heavy atom. The van der Waals surface area contributed by atoms with Crippen LogP contribution in [-0.2, 0) is 4.74 Å². The summed E-state index contributed by atoms with van der Waals surface area (Å²) in [5, 5.41) is 4.10. The number of carbonyl (C=O) groups is 2. The van der Waals surface area contributed by atoms with Crippen LogP contribution < -0.4 is 16.8 Å². The summed E-state index contributed by atoms with van der Waals surface area (Å²) in [5.41, 5.74) is 16.4. The summed E-state index contributed by atoms with van der Waals surface area (Å²) >= 11 is 0. The first-order chi connectivity index (χ1) is 26.1. The average Bonchev–Trinajstić information content (AvgIpc) is 3.70. The number of carbonyl (C=O) groups excluding carboxylic acids is 2. The maximum Gasteiger partial charge on any atom is 0.255 e. The topological polar surface area (TPSA) is 165 Å². The van der Waals surface area contributed by atoms with Crippen molar-refractivity contribution in [3.8, 4) is 22.3 Å². The summed E-state index contributed by atoms with van der Waals surface area (Å²) in [5.74, 6) is -0.586. The number of rotatable bonds is 10. The molecule has 0 bridgehead atoms. The van der Waals surface area contributed by atoms with Crippen molar-refractivity contribution in [2.45, 2.75) is 12.8 Å². The van der Waals surface area contributed by atoms with Crippen molar-refractivity contribution >= 4 is 45.3 Å². The molecule has 0 saturated carbocycles. The molecule has 2 amide bonds. The van der Waals surface area contributed by atoms with Gasteiger partial charge in [-0.15, -0.1) is 0 Å². The quantitative estimate of drug-likeness (QED) is 0.162. The minimum Gasteiger partial charge on any atom is -0.383 e. The van der Waals surface area contributed by atoms with Crippen LogP contribution in [0.4, 0.5) is 20.4 Å². The number of fused-ring (bicyclic) bond motifs is 2. The van der Waals surface area contributed by atoms with Gasteiger partial charge in [0.2, 0.25) is 0 Å². The zero-order chi connectivity index (χ0) is 38.2. The summed E-state index contributed by atoms with van der Waals surface area (Å²) in [4.78, 5) is 46.2. The van der Waals surface area contributed by atoms with Gasteiger partial charge in [0.05, 0.1) is 28.8 Å². The van der Waals surface area contributed by atoms with E-state index in [1.807, 2.05) is 0 Å². The number of nitrogens with one attached hydrogen (secondary N) is 1. The van der Waals surface area contributed by atoms with Crippen molar-refractivity contribution in [2.24, 2.45) is 0 Å². The van der Waals surface area contributed by atoms with Gasteiger partial charge in [-0.3, -0.25) is 9.59 Å². The number of nitrogens with zero attached hydrogens (tertiary/aromatic N) is 6. The number of amides is 2. The maximum absolute atomic E-state index is 13.7. The number of aromatic nitrogens is 4. The standard InChI is InChI=1S/C21H22FN5O.C19H19FN4O2/c22-16-5-3-4-14(10-16)15-11-17-19(25-13-26-20(17)23)18(12-15)21(28)24-6-9-27-7-1-2-8-27;1-24(6-7-26-2)19(25)16-10-13(12-4-3-5-14(20)8-12)9-15-17(16)22-11-23-18(15)21/h3-5,10-13H,1-2,6-9H2,(H,24,28)(H2,23,25,26);3-5,8-11H,6-7H2,1-2H3,(H2,21,22,23). The first-order valence-electron chi connectivity index (χ1n) is 17.5. The minimum absolute atomic E-state index is 0.219. The molecule has 5 N–H and O–H groups in total. The number of benzene rings is 4. The molecular weight excluding hydrogens is 692 g/mol. The first-order valence-corrected chi connectivity index (χ1v) is 17.5. The van der Waals surface area contributed by atoms with E-state index in [1.54, 1.807) is 67.6 Å². The highest BCUT2D eigenvalue weighted by Crippen LogP contribution is 2.31. The van der Waals surface area contributed by atoms with Crippen LogP contribution in [0.2, 0.25) is 0 Å². The third-order valence-corrected chi connectivity index (χ3v) is 9.22. The van der Waals surface area contributed by atoms with E-state index < -0.39 is 0 Å². The van der Waals surface area contributed by atoms with Crippen molar-refractivity contribution in [3.63, 3.8) is 0 Å². The van der Waals surface area contributed by atoms with E-state index in [0.29, 0.717) is 74.9 Å². The lowest BCUT2D eigenvalue weighted by atomic mass is 9.99. The molecule has 7 rings (SSSR count). The van der Waals surface area contributed by atoms with Crippen LogP contribution in [0.25, 0.3) is 44.1 Å². The van der Waals surface area contributed by atoms with E-state index in [2.05, 4.69) is 30.2 Å². The van der Waals surface area contributed by atoms with Crippen molar-refractivity contribution < 1.29 is 23.1 Å². The molecule has 2 aromatic heterocycles. The Balaban J connectivity index is 0.000000185. The molecule has 1 fully saturated rings. The van der Waals surface area contributed by atoms with E-state index in [9.17, 15) is 18.4 Å². The number of likely N-dealkylation sites (N-methyl/N-ethyl adjacent to an activating group) is 1. The fraction of sp³-hybridized carbons (Fsp3) is 0.250. The Morgan fingerprint density at radius 3 is 1.85 bits per heavy atom. The molecule has 3 heterocycles. The van der Waals surface area contributed by atoms with Crippen LogP contribution in [-0.4, -0.2) is 95.0 Å². The molecule has 1 aliphatic heterocycles. The molecular formula is C40H41F2N9O3. The molecule has 1 saturated heterocycles. The van der Waals surface area contributed by atoms with Gasteiger partial charge in [-0.1, -0.05) is 24.3 Å². The molecule has 14 heteroatoms. The summed E-state index contributed by atoms with van der Waals surface area (Å²) in [7, 11) is 3.26. The van der Waals surface area contributed by atoms with E-state index >= 15 is 0 Å². The van der Waals surface area contributed by atoms with Gasteiger partial charge in [-0.05, 0) is 96.7 Å². The van der Waals surface area contributed by atoms with Crippen LogP contribution in [0.1, 0.15) is 33.6 Å². The first kappa shape index (κ1) is 37.6. The minimum atomic E-state index is -0.357. The van der Waals surface area contributed by atoms with Crippen molar-refractivity contribution in [3.05, 3.63) is 108 Å². The molecule has 0 aliphatic carbocycles. The van der Waals surface area contributed by atoms with Gasteiger partial charge in [-0.25, -0.2) is 28.7 Å². The third-order valence-electron chi connectivity index (χ3n) is 9.22. The predicted molar refractivity (Wildman–Crippen MR) is 206 cm³/mol. The summed E-state index contributed by atoms with van der Waals surface area (Å²) in [6.07, 6.45) is 5.10. The lowest BCUT2D eigenvalue weighted by Gasteiger charge is -2.18. The number of nitrogens with two attached hydrogens (primary N) is 2. The zero-order valence-electron chi connectivity index (χ0n) is 30.1. The third kappa shape index (κ3) is 8.73. The molecule has 12 nitrogen and oxygen atoms in total. The number of methoxy groups -OCH3 is 1. The lowest BCUT2D eigenvalue weighted by molar-refractivity contribution is 0.0745. The van der Waals surface area contributed by atoms with Gasteiger partial charge in [0.15, 0.2) is 0 Å². The molecule has 0 unspecified atom stereocenters. The Labute approximate surface area is 311 Å². The maximum atomic E-state index is 13.7. The van der Waals surface area contributed by atoms with Crippen molar-refractivity contribution in [2.75, 3.05) is 65.0 Å². The smallest absolute Gasteiger partial charge is 0.255 e. The lowest BCUT2D eigenvalue weighted by Crippen LogP contribution is -2.33. The zero-order valence-corrected chi connectivity index (χ0v) is 30.1. The number of hydrogen-bond donors (Lipinski definition) is 3. The van der Waals surface area contributed by atoms with Crippen LogP contribution in [0.3, 0.4) is 0 Å². The molecule has 54 heavy (non-hydrogen) atoms. The Kier molecular flexibility index (Phi) is 11.9. The average molecular weight is 734 g/mol.